The van der Waals surface area contributed by atoms with Crippen LogP contribution in [0.3, 0.4) is 0 Å². The summed E-state index contributed by atoms with van der Waals surface area (Å²) in [4.78, 5) is 0. The molecule has 0 aliphatic rings. The van der Waals surface area contributed by atoms with Gasteiger partial charge >= 0.3 is 0 Å². The molecule has 0 saturated carbocycles. The smallest absolute Gasteiger partial charge is 0.129 e. The Bertz CT molecular complexity index is 276. The number of nitrogens with zero attached hydrogens (tertiary/aromatic N) is 1. The summed E-state index contributed by atoms with van der Waals surface area (Å²) in [6, 6.07) is 2.12. The molecule has 0 aromatic rings. The van der Waals surface area contributed by atoms with E-state index in [4.69, 9.17) is 10.00 Å². The molecule has 0 rings (SSSR count). The summed E-state index contributed by atoms with van der Waals surface area (Å²) in [6.07, 6.45) is 3.96. The fourth-order valence-corrected chi connectivity index (χ4v) is 1.03. The van der Waals surface area contributed by atoms with Crippen molar-refractivity contribution in [1.29, 1.82) is 5.26 Å². The molecule has 15 heavy (non-hydrogen) atoms. The van der Waals surface area contributed by atoms with Crippen molar-refractivity contribution in [3.63, 3.8) is 0 Å². The zero-order valence-electron chi connectivity index (χ0n) is 10.3. The summed E-state index contributed by atoms with van der Waals surface area (Å²) >= 11 is 0. The number of allylic oxidation sites excluding steroid dienone is 2. The average molecular weight is 207 g/mol. The lowest BCUT2D eigenvalue weighted by Crippen LogP contribution is -2.04. The first kappa shape index (κ1) is 13.8. The third-order valence-corrected chi connectivity index (χ3v) is 1.77. The van der Waals surface area contributed by atoms with Crippen molar-refractivity contribution < 1.29 is 4.74 Å². The summed E-state index contributed by atoms with van der Waals surface area (Å²) in [5.74, 6) is 0.487. The summed E-state index contributed by atoms with van der Waals surface area (Å²) < 4.78 is 5.40. The van der Waals surface area contributed by atoms with Crippen molar-refractivity contribution in [2.45, 2.75) is 40.5 Å². The van der Waals surface area contributed by atoms with E-state index < -0.39 is 0 Å². The van der Waals surface area contributed by atoms with Gasteiger partial charge in [-0.3, -0.25) is 0 Å². The first-order valence-corrected chi connectivity index (χ1v) is 5.35. The van der Waals surface area contributed by atoms with Crippen LogP contribution < -0.4 is 0 Å². The fraction of sp³-hybridized carbons (Fsp3) is 0.615. The van der Waals surface area contributed by atoms with Crippen LogP contribution in [0.2, 0.25) is 0 Å². The maximum Gasteiger partial charge on any atom is 0.129 e. The van der Waals surface area contributed by atoms with Gasteiger partial charge in [0, 0.05) is 0 Å². The molecule has 0 saturated heterocycles. The largest absolute Gasteiger partial charge is 0.493 e. The Balaban J connectivity index is 4.38. The number of unbranched alkanes of at least 4 members (excludes halogenated alkanes) is 1. The van der Waals surface area contributed by atoms with Gasteiger partial charge in [0.25, 0.3) is 0 Å². The lowest BCUT2D eigenvalue weighted by molar-refractivity contribution is 0.217. The van der Waals surface area contributed by atoms with E-state index in [0.717, 1.165) is 12.8 Å². The van der Waals surface area contributed by atoms with Crippen LogP contribution in [0.5, 0.6) is 0 Å². The Morgan fingerprint density at radius 2 is 2.07 bits per heavy atom. The van der Waals surface area contributed by atoms with Gasteiger partial charge in [0.1, 0.15) is 11.8 Å². The van der Waals surface area contributed by atoms with Crippen molar-refractivity contribution in [2.24, 2.45) is 5.41 Å². The van der Waals surface area contributed by atoms with Crippen molar-refractivity contribution in [2.75, 3.05) is 6.61 Å². The lowest BCUT2D eigenvalue weighted by Gasteiger charge is -2.14. The highest BCUT2D eigenvalue weighted by molar-refractivity contribution is 5.37. The molecule has 0 spiro atoms. The molecule has 2 nitrogen and oxygen atoms in total. The van der Waals surface area contributed by atoms with Crippen LogP contribution in [0.25, 0.3) is 0 Å². The number of rotatable bonds is 5. The van der Waals surface area contributed by atoms with Crippen LogP contribution in [-0.4, -0.2) is 6.61 Å². The van der Waals surface area contributed by atoms with E-state index in [1.807, 2.05) is 26.8 Å². The van der Waals surface area contributed by atoms with Gasteiger partial charge in [0.2, 0.25) is 0 Å². The Morgan fingerprint density at radius 1 is 1.47 bits per heavy atom. The van der Waals surface area contributed by atoms with Crippen LogP contribution in [0.1, 0.15) is 40.5 Å². The molecule has 0 radical (unpaired) electrons. The Hall–Kier alpha value is -1.23. The second kappa shape index (κ2) is 6.29. The van der Waals surface area contributed by atoms with Crippen LogP contribution >= 0.6 is 0 Å². The molecule has 0 fully saturated rings. The molecule has 0 bridgehead atoms. The van der Waals surface area contributed by atoms with Crippen molar-refractivity contribution in [3.8, 4) is 6.07 Å². The van der Waals surface area contributed by atoms with E-state index in [0.29, 0.717) is 17.9 Å². The topological polar surface area (TPSA) is 33.0 Å². The van der Waals surface area contributed by atoms with E-state index in [1.54, 1.807) is 0 Å². The highest BCUT2D eigenvalue weighted by atomic mass is 16.5. The predicted octanol–water partition coefficient (Wildman–Crippen LogP) is 3.81. The molecule has 0 atom stereocenters. The molecule has 0 heterocycles. The molecule has 0 amide bonds. The Kier molecular flexibility index (Phi) is 5.77. The van der Waals surface area contributed by atoms with Crippen molar-refractivity contribution in [1.82, 2.24) is 0 Å². The van der Waals surface area contributed by atoms with Gasteiger partial charge in [-0.2, -0.15) is 5.26 Å². The fourth-order valence-electron chi connectivity index (χ4n) is 1.03. The first-order chi connectivity index (χ1) is 6.90. The minimum absolute atomic E-state index is 0.0257. The minimum Gasteiger partial charge on any atom is -0.493 e. The quantitative estimate of drug-likeness (QED) is 0.297. The van der Waals surface area contributed by atoms with Gasteiger partial charge in [-0.15, -0.1) is 0 Å². The molecule has 0 aliphatic carbocycles. The standard InChI is InChI=1S/C13H21NO/c1-6-7-8-15-11(2)12(10-14)9-13(3,4)5/h9H,2,6-8H2,1,3-5H3/b12-9+. The molecule has 84 valence electrons. The third-order valence-electron chi connectivity index (χ3n) is 1.77. The summed E-state index contributed by atoms with van der Waals surface area (Å²) in [5, 5.41) is 8.96. The molecule has 0 aromatic heterocycles. The molecule has 0 aromatic carbocycles. The van der Waals surface area contributed by atoms with Crippen LogP contribution in [0.4, 0.5) is 0 Å². The summed E-state index contributed by atoms with van der Waals surface area (Å²) in [7, 11) is 0. The second-order valence-electron chi connectivity index (χ2n) is 4.66. The lowest BCUT2D eigenvalue weighted by atomic mass is 9.93. The predicted molar refractivity (Wildman–Crippen MR) is 63.2 cm³/mol. The van der Waals surface area contributed by atoms with E-state index in [2.05, 4.69) is 19.6 Å². The normalized spacial score (nSPS) is 12.1. The van der Waals surface area contributed by atoms with Crippen LogP contribution in [0, 0.1) is 16.7 Å². The highest BCUT2D eigenvalue weighted by Gasteiger charge is 2.11. The number of hydrogen-bond donors (Lipinski definition) is 0. The van der Waals surface area contributed by atoms with Crippen molar-refractivity contribution >= 4 is 0 Å². The minimum atomic E-state index is -0.0257. The number of hydrogen-bond acceptors (Lipinski definition) is 2. The zero-order valence-corrected chi connectivity index (χ0v) is 10.3. The van der Waals surface area contributed by atoms with Gasteiger partial charge in [-0.25, -0.2) is 0 Å². The maximum atomic E-state index is 8.96. The first-order valence-electron chi connectivity index (χ1n) is 5.35. The molecular weight excluding hydrogens is 186 g/mol. The van der Waals surface area contributed by atoms with Gasteiger partial charge < -0.3 is 4.74 Å². The zero-order chi connectivity index (χ0) is 11.9. The molecular formula is C13H21NO. The molecule has 0 N–H and O–H groups in total. The van der Waals surface area contributed by atoms with E-state index >= 15 is 0 Å². The van der Waals surface area contributed by atoms with E-state index in [9.17, 15) is 0 Å². The highest BCUT2D eigenvalue weighted by Crippen LogP contribution is 2.21. The Labute approximate surface area is 93.2 Å². The van der Waals surface area contributed by atoms with Crippen LogP contribution in [-0.2, 0) is 4.74 Å². The van der Waals surface area contributed by atoms with Crippen molar-refractivity contribution in [3.05, 3.63) is 24.0 Å². The van der Waals surface area contributed by atoms with E-state index in [1.165, 1.54) is 0 Å². The van der Waals surface area contributed by atoms with Gasteiger partial charge in [-0.1, -0.05) is 46.8 Å². The monoisotopic (exact) mass is 207 g/mol. The molecule has 2 heteroatoms. The number of nitriles is 1. The van der Waals surface area contributed by atoms with E-state index in [-0.39, 0.29) is 5.41 Å². The SMILES string of the molecule is C=C(OCCCC)/C(C#N)=C/C(C)(C)C. The second-order valence-corrected chi connectivity index (χ2v) is 4.66. The Morgan fingerprint density at radius 3 is 2.47 bits per heavy atom. The summed E-state index contributed by atoms with van der Waals surface area (Å²) in [5.41, 5.74) is 0.515. The van der Waals surface area contributed by atoms with Gasteiger partial charge in [-0.05, 0) is 11.8 Å². The summed E-state index contributed by atoms with van der Waals surface area (Å²) in [6.45, 7) is 12.6. The third kappa shape index (κ3) is 6.79. The number of ether oxygens (including phenoxy) is 1. The van der Waals surface area contributed by atoms with Crippen LogP contribution in [0.15, 0.2) is 24.0 Å². The maximum absolute atomic E-state index is 8.96. The average Bonchev–Trinajstić information content (AvgIpc) is 2.13. The molecule has 0 unspecified atom stereocenters. The molecule has 0 aliphatic heterocycles. The van der Waals surface area contributed by atoms with Gasteiger partial charge in [0.15, 0.2) is 0 Å². The van der Waals surface area contributed by atoms with Gasteiger partial charge in [0.05, 0.1) is 12.2 Å².